The highest BCUT2D eigenvalue weighted by Crippen LogP contribution is 2.25. The predicted octanol–water partition coefficient (Wildman–Crippen LogP) is 13.2. The van der Waals surface area contributed by atoms with Gasteiger partial charge in [0, 0.05) is 25.5 Å². The second kappa shape index (κ2) is 27.1. The lowest BCUT2D eigenvalue weighted by molar-refractivity contribution is 0.132. The molecule has 1 heterocycles. The van der Waals surface area contributed by atoms with Crippen molar-refractivity contribution in [3.8, 4) is 0 Å². The maximum atomic E-state index is 2.67. The molecule has 0 saturated heterocycles. The van der Waals surface area contributed by atoms with Gasteiger partial charge in [-0.15, -0.1) is 0 Å². The first-order valence-electron chi connectivity index (χ1n) is 19.1. The Morgan fingerprint density at radius 1 is 0.429 bits per heavy atom. The van der Waals surface area contributed by atoms with Crippen LogP contribution in [0.4, 0.5) is 0 Å². The van der Waals surface area contributed by atoms with E-state index in [1.807, 2.05) is 0 Å². The molecule has 0 N–H and O–H groups in total. The largest absolute Gasteiger partial charge is 0.356 e. The summed E-state index contributed by atoms with van der Waals surface area (Å²) < 4.78 is 0. The number of hydrogen-bond donors (Lipinski definition) is 0. The maximum Gasteiger partial charge on any atom is 0.101 e. The molecule has 1 unspecified atom stereocenters. The Labute approximate surface area is 264 Å². The van der Waals surface area contributed by atoms with Crippen LogP contribution in [0.3, 0.4) is 0 Å². The smallest absolute Gasteiger partial charge is 0.101 e. The summed E-state index contributed by atoms with van der Waals surface area (Å²) in [5.41, 5.74) is 1.43. The van der Waals surface area contributed by atoms with E-state index in [2.05, 4.69) is 66.4 Å². The van der Waals surface area contributed by atoms with Crippen LogP contribution in [-0.4, -0.2) is 22.5 Å². The summed E-state index contributed by atoms with van der Waals surface area (Å²) >= 11 is 0. The van der Waals surface area contributed by atoms with Gasteiger partial charge in [-0.2, -0.15) is 0 Å². The topological polar surface area (TPSA) is 6.48 Å². The van der Waals surface area contributed by atoms with Crippen LogP contribution in [0.25, 0.3) is 0 Å². The van der Waals surface area contributed by atoms with Crippen molar-refractivity contribution in [2.75, 3.05) is 6.54 Å². The van der Waals surface area contributed by atoms with Crippen LogP contribution in [0.15, 0.2) is 42.7 Å². The molecule has 0 spiro atoms. The molecule has 0 radical (unpaired) electrons. The van der Waals surface area contributed by atoms with Gasteiger partial charge in [0.25, 0.3) is 0 Å². The van der Waals surface area contributed by atoms with E-state index in [4.69, 9.17) is 0 Å². The van der Waals surface area contributed by atoms with Gasteiger partial charge in [0.05, 0.1) is 0 Å². The van der Waals surface area contributed by atoms with Crippen molar-refractivity contribution in [1.29, 1.82) is 0 Å². The molecule has 0 aromatic heterocycles. The van der Waals surface area contributed by atoms with Gasteiger partial charge >= 0.3 is 0 Å². The lowest BCUT2D eigenvalue weighted by Gasteiger charge is -2.33. The van der Waals surface area contributed by atoms with Crippen LogP contribution in [0.2, 0.25) is 0 Å². The van der Waals surface area contributed by atoms with Crippen LogP contribution in [0.5, 0.6) is 0 Å². The number of hydrogen-bond acceptors (Lipinski definition) is 2. The van der Waals surface area contributed by atoms with Crippen molar-refractivity contribution >= 4 is 0 Å². The number of benzene rings is 1. The second-order valence-electron chi connectivity index (χ2n) is 13.4. The van der Waals surface area contributed by atoms with Crippen LogP contribution in [-0.2, 0) is 6.54 Å². The van der Waals surface area contributed by atoms with E-state index in [1.54, 1.807) is 0 Å². The summed E-state index contributed by atoms with van der Waals surface area (Å²) in [6.07, 6.45) is 43.9. The van der Waals surface area contributed by atoms with Gasteiger partial charge in [-0.3, -0.25) is 0 Å². The van der Waals surface area contributed by atoms with Gasteiger partial charge in [0.1, 0.15) is 6.17 Å². The van der Waals surface area contributed by atoms with Crippen molar-refractivity contribution in [2.24, 2.45) is 0 Å². The van der Waals surface area contributed by atoms with E-state index in [0.29, 0.717) is 6.17 Å². The third kappa shape index (κ3) is 19.0. The van der Waals surface area contributed by atoms with E-state index in [0.717, 1.165) is 6.54 Å². The first-order chi connectivity index (χ1) is 20.8. The Balaban J connectivity index is 1.53. The summed E-state index contributed by atoms with van der Waals surface area (Å²) in [6, 6.07) is 11.1. The number of nitrogens with zero attached hydrogens (tertiary/aromatic N) is 2. The lowest BCUT2D eigenvalue weighted by atomic mass is 10.0. The molecule has 1 aromatic carbocycles. The van der Waals surface area contributed by atoms with Gasteiger partial charge in [-0.1, -0.05) is 198 Å². The average molecular weight is 581 g/mol. The quantitative estimate of drug-likeness (QED) is 0.0835. The molecule has 1 aliphatic heterocycles. The zero-order valence-electron chi connectivity index (χ0n) is 28.5. The van der Waals surface area contributed by atoms with Crippen LogP contribution < -0.4 is 0 Å². The predicted molar refractivity (Wildman–Crippen MR) is 188 cm³/mol. The van der Waals surface area contributed by atoms with E-state index < -0.39 is 0 Å². The highest BCUT2D eigenvalue weighted by atomic mass is 15.4. The van der Waals surface area contributed by atoms with Crippen molar-refractivity contribution in [3.63, 3.8) is 0 Å². The first-order valence-corrected chi connectivity index (χ1v) is 19.1. The fraction of sp³-hybridized carbons (Fsp3) is 0.800. The number of rotatable bonds is 30. The molecule has 42 heavy (non-hydrogen) atoms. The van der Waals surface area contributed by atoms with E-state index >= 15 is 0 Å². The molecular weight excluding hydrogens is 508 g/mol. The molecule has 2 heteroatoms. The Morgan fingerprint density at radius 2 is 0.810 bits per heavy atom. The fourth-order valence-corrected chi connectivity index (χ4v) is 6.72. The monoisotopic (exact) mass is 581 g/mol. The summed E-state index contributed by atoms with van der Waals surface area (Å²) in [5, 5.41) is 0. The summed E-state index contributed by atoms with van der Waals surface area (Å²) in [7, 11) is 0. The molecule has 242 valence electrons. The van der Waals surface area contributed by atoms with Crippen LogP contribution in [0.1, 0.15) is 193 Å². The summed E-state index contributed by atoms with van der Waals surface area (Å²) in [4.78, 5) is 5.27. The molecule has 1 atom stereocenters. The van der Waals surface area contributed by atoms with E-state index in [-0.39, 0.29) is 0 Å². The molecule has 0 saturated carbocycles. The minimum absolute atomic E-state index is 0.551. The highest BCUT2D eigenvalue weighted by Gasteiger charge is 2.25. The van der Waals surface area contributed by atoms with Gasteiger partial charge in [0.2, 0.25) is 0 Å². The zero-order valence-corrected chi connectivity index (χ0v) is 28.5. The lowest BCUT2D eigenvalue weighted by Crippen LogP contribution is -2.38. The van der Waals surface area contributed by atoms with Crippen molar-refractivity contribution in [2.45, 2.75) is 200 Å². The number of unbranched alkanes of at least 4 members (excludes halogenated alkanes) is 24. The molecule has 0 bridgehead atoms. The van der Waals surface area contributed by atoms with Gasteiger partial charge in [0.15, 0.2) is 0 Å². The first kappa shape index (κ1) is 36.8. The second-order valence-corrected chi connectivity index (χ2v) is 13.4. The normalized spacial score (nSPS) is 14.9. The molecule has 1 aliphatic rings. The maximum absolute atomic E-state index is 2.67. The van der Waals surface area contributed by atoms with Crippen molar-refractivity contribution < 1.29 is 0 Å². The Morgan fingerprint density at radius 3 is 1.26 bits per heavy atom. The van der Waals surface area contributed by atoms with Crippen molar-refractivity contribution in [3.05, 3.63) is 48.3 Å². The molecule has 0 aliphatic carbocycles. The minimum atomic E-state index is 0.551. The van der Waals surface area contributed by atoms with Gasteiger partial charge in [-0.25, -0.2) is 0 Å². The summed E-state index contributed by atoms with van der Waals surface area (Å²) in [5.74, 6) is 0. The zero-order chi connectivity index (χ0) is 29.8. The molecule has 0 fully saturated rings. The fourth-order valence-electron chi connectivity index (χ4n) is 6.72. The molecular formula is C40H72N2. The van der Waals surface area contributed by atoms with Crippen LogP contribution in [0, 0.1) is 0 Å². The van der Waals surface area contributed by atoms with Gasteiger partial charge < -0.3 is 9.80 Å². The molecule has 2 nitrogen and oxygen atoms in total. The van der Waals surface area contributed by atoms with Crippen molar-refractivity contribution in [1.82, 2.24) is 9.80 Å². The standard InChI is InChI=1S/C40H72N2/c1-3-5-7-9-11-13-15-16-17-18-19-20-22-24-26-31-35-41-36-37-42(38-39-32-28-27-29-33-39)40(41)34-30-25-23-21-14-12-10-8-6-4-2/h27-29,32-33,36-37,40H,3-26,30-31,34-35,38H2,1-2H3. The van der Waals surface area contributed by atoms with Gasteiger partial charge in [-0.05, 0) is 24.8 Å². The SMILES string of the molecule is CCCCCCCCCCCCCCCCCCN1C=CN(Cc2ccccc2)C1CCCCCCCCCCCC. The van der Waals surface area contributed by atoms with E-state index in [9.17, 15) is 0 Å². The van der Waals surface area contributed by atoms with E-state index in [1.165, 1.54) is 185 Å². The average Bonchev–Trinajstić information content (AvgIpc) is 3.39. The minimum Gasteiger partial charge on any atom is -0.356 e. The Kier molecular flexibility index (Phi) is 23.7. The molecule has 0 amide bonds. The molecule has 1 aromatic rings. The Hall–Kier alpha value is -1.44. The van der Waals surface area contributed by atoms with Crippen LogP contribution >= 0.6 is 0 Å². The third-order valence-electron chi connectivity index (χ3n) is 9.51. The molecule has 2 rings (SSSR count). The third-order valence-corrected chi connectivity index (χ3v) is 9.51. The highest BCUT2D eigenvalue weighted by molar-refractivity contribution is 5.16. The Bertz CT molecular complexity index is 714. The summed E-state index contributed by atoms with van der Waals surface area (Å²) in [6.45, 7) is 6.88.